The molecule has 0 saturated carbocycles. The minimum Gasteiger partial charge on any atom is -0.480 e. The molecule has 15 heteroatoms. The molecular weight excluding hydrogens is 523 g/mol. The van der Waals surface area contributed by atoms with E-state index in [9.17, 15) is 42.6 Å². The predicted octanol–water partition coefficient (Wildman–Crippen LogP) is 1.35. The lowest BCUT2D eigenvalue weighted by Crippen LogP contribution is -2.50. The van der Waals surface area contributed by atoms with Crippen LogP contribution in [0.3, 0.4) is 0 Å². The van der Waals surface area contributed by atoms with Gasteiger partial charge in [0, 0.05) is 23.8 Å². The van der Waals surface area contributed by atoms with Gasteiger partial charge >= 0.3 is 18.1 Å². The molecule has 0 aliphatic heterocycles. The summed E-state index contributed by atoms with van der Waals surface area (Å²) in [5.41, 5.74) is 5.35. The van der Waals surface area contributed by atoms with Crippen LogP contribution in [-0.4, -0.2) is 85.8 Å². The lowest BCUT2D eigenvalue weighted by atomic mass is 10.0. The number of carbonyl (C=O) groups excluding carboxylic acids is 2. The van der Waals surface area contributed by atoms with Crippen molar-refractivity contribution in [3.05, 3.63) is 0 Å². The number of halogens is 3. The Morgan fingerprint density at radius 2 is 1.57 bits per heavy atom. The van der Waals surface area contributed by atoms with E-state index in [1.165, 1.54) is 0 Å². The number of hydrogen-bond acceptors (Lipinski definition) is 8. The third kappa shape index (κ3) is 15.7. The summed E-state index contributed by atoms with van der Waals surface area (Å²) in [5, 5.41) is 40.2. The van der Waals surface area contributed by atoms with Crippen LogP contribution >= 0.6 is 11.8 Å². The van der Waals surface area contributed by atoms with Crippen LogP contribution in [0.15, 0.2) is 0 Å². The molecule has 0 aromatic heterocycles. The highest BCUT2D eigenvalue weighted by molar-refractivity contribution is 8.00. The number of alkyl halides is 3. The summed E-state index contributed by atoms with van der Waals surface area (Å²) in [7, 11) is 0. The Labute approximate surface area is 217 Å². The van der Waals surface area contributed by atoms with E-state index in [-0.39, 0.29) is 25.0 Å². The molecule has 0 fully saturated rings. The molecule has 2 amide bonds. The van der Waals surface area contributed by atoms with E-state index in [0.29, 0.717) is 6.42 Å². The highest BCUT2D eigenvalue weighted by Crippen LogP contribution is 2.36. The molecule has 216 valence electrons. The fourth-order valence-electron chi connectivity index (χ4n) is 3.21. The molecule has 0 aliphatic carbocycles. The number of carbonyl (C=O) groups is 4. The van der Waals surface area contributed by atoms with Gasteiger partial charge in [-0.2, -0.15) is 24.9 Å². The van der Waals surface area contributed by atoms with E-state index in [0.717, 1.165) is 43.9 Å². The number of aliphatic carboxylic acids is 2. The van der Waals surface area contributed by atoms with Gasteiger partial charge < -0.3 is 36.8 Å². The van der Waals surface area contributed by atoms with E-state index in [1.54, 1.807) is 0 Å². The van der Waals surface area contributed by atoms with Crippen molar-refractivity contribution in [3.63, 3.8) is 0 Å². The first-order valence-corrected chi connectivity index (χ1v) is 13.1. The SMILES string of the molecule is CCCCCCCCC(CC(O)(O)C(F)(F)F)SC[C@@H](NC(=O)CC[C@H](N)C(=O)O)C(=O)NCC(=O)O. The van der Waals surface area contributed by atoms with Crippen molar-refractivity contribution < 1.29 is 52.8 Å². The van der Waals surface area contributed by atoms with Crippen LogP contribution in [-0.2, 0) is 19.2 Å². The predicted molar refractivity (Wildman–Crippen MR) is 130 cm³/mol. The topological polar surface area (TPSA) is 199 Å². The average molecular weight is 562 g/mol. The van der Waals surface area contributed by atoms with Gasteiger partial charge in [-0.3, -0.25) is 19.2 Å². The molecule has 8 N–H and O–H groups in total. The molecule has 0 rings (SSSR count). The standard InChI is InChI=1S/C22H38F3N3O8S/c1-2-3-4-5-6-7-8-14(11-21(35,36)22(23,24)25)37-13-16(19(32)27-12-18(30)31)28-17(29)10-9-15(26)20(33)34/h14-16,35-36H,2-13,26H2,1H3,(H,27,32)(H,28,29)(H,30,31)(H,33,34)/t14?,15-,16+/m0/s1. The first kappa shape index (κ1) is 34.9. The number of nitrogens with two attached hydrogens (primary N) is 1. The number of unbranched alkanes of at least 4 members (excludes halogenated alkanes) is 5. The van der Waals surface area contributed by atoms with Gasteiger partial charge in [0.2, 0.25) is 11.8 Å². The van der Waals surface area contributed by atoms with Crippen molar-refractivity contribution in [1.29, 1.82) is 0 Å². The van der Waals surface area contributed by atoms with Crippen LogP contribution in [0.2, 0.25) is 0 Å². The molecule has 0 aromatic carbocycles. The summed E-state index contributed by atoms with van der Waals surface area (Å²) in [5.74, 6) is -8.64. The van der Waals surface area contributed by atoms with Crippen molar-refractivity contribution >= 4 is 35.5 Å². The minimum atomic E-state index is -5.30. The van der Waals surface area contributed by atoms with Crippen LogP contribution in [0.1, 0.15) is 71.1 Å². The number of amides is 2. The van der Waals surface area contributed by atoms with Crippen LogP contribution in [0.4, 0.5) is 13.2 Å². The van der Waals surface area contributed by atoms with Gasteiger partial charge in [0.25, 0.3) is 5.79 Å². The second-order valence-corrected chi connectivity index (χ2v) is 10.1. The molecule has 0 aliphatic rings. The molecule has 0 heterocycles. The maximum atomic E-state index is 13.1. The Morgan fingerprint density at radius 3 is 2.11 bits per heavy atom. The molecule has 11 nitrogen and oxygen atoms in total. The summed E-state index contributed by atoms with van der Waals surface area (Å²) >= 11 is 0.813. The Bertz CT molecular complexity index is 740. The largest absolute Gasteiger partial charge is 0.480 e. The van der Waals surface area contributed by atoms with Crippen LogP contribution < -0.4 is 16.4 Å². The molecule has 0 spiro atoms. The molecule has 37 heavy (non-hydrogen) atoms. The lowest BCUT2D eigenvalue weighted by Gasteiger charge is -2.29. The Balaban J connectivity index is 5.36. The fourth-order valence-corrected chi connectivity index (χ4v) is 4.59. The number of thioether (sulfide) groups is 1. The maximum absolute atomic E-state index is 13.1. The summed E-state index contributed by atoms with van der Waals surface area (Å²) in [4.78, 5) is 46.3. The Hall–Kier alpha value is -2.10. The normalized spacial score (nSPS) is 14.5. The molecular formula is C22H38F3N3O8S. The first-order chi connectivity index (χ1) is 17.1. The highest BCUT2D eigenvalue weighted by atomic mass is 32.2. The van der Waals surface area contributed by atoms with E-state index >= 15 is 0 Å². The second-order valence-electron chi connectivity index (χ2n) is 8.75. The van der Waals surface area contributed by atoms with Gasteiger partial charge in [-0.25, -0.2) is 0 Å². The number of nitrogens with one attached hydrogen (secondary N) is 2. The van der Waals surface area contributed by atoms with Crippen molar-refractivity contribution in [1.82, 2.24) is 10.6 Å². The summed E-state index contributed by atoms with van der Waals surface area (Å²) < 4.78 is 39.2. The number of aliphatic hydroxyl groups is 2. The van der Waals surface area contributed by atoms with Crippen LogP contribution in [0.5, 0.6) is 0 Å². The third-order valence-electron chi connectivity index (χ3n) is 5.41. The Morgan fingerprint density at radius 1 is 0.973 bits per heavy atom. The average Bonchev–Trinajstić information content (AvgIpc) is 2.79. The zero-order valence-electron chi connectivity index (χ0n) is 20.8. The summed E-state index contributed by atoms with van der Waals surface area (Å²) in [6.45, 7) is 1.26. The highest BCUT2D eigenvalue weighted by Gasteiger charge is 2.53. The molecule has 0 aromatic rings. The quantitative estimate of drug-likeness (QED) is 0.0841. The van der Waals surface area contributed by atoms with Crippen molar-refractivity contribution in [2.45, 2.75) is 100 Å². The van der Waals surface area contributed by atoms with Crippen LogP contribution in [0, 0.1) is 0 Å². The number of carboxylic acid groups (broad SMARTS) is 2. The lowest BCUT2D eigenvalue weighted by molar-refractivity contribution is -0.350. The van der Waals surface area contributed by atoms with Crippen molar-refractivity contribution in [3.8, 4) is 0 Å². The second kappa shape index (κ2) is 17.4. The van der Waals surface area contributed by atoms with E-state index in [1.807, 2.05) is 6.92 Å². The van der Waals surface area contributed by atoms with Gasteiger partial charge in [0.1, 0.15) is 18.6 Å². The van der Waals surface area contributed by atoms with Crippen LogP contribution in [0.25, 0.3) is 0 Å². The number of rotatable bonds is 20. The zero-order chi connectivity index (χ0) is 28.6. The molecule has 0 saturated heterocycles. The smallest absolute Gasteiger partial charge is 0.442 e. The van der Waals surface area contributed by atoms with Crippen molar-refractivity contribution in [2.24, 2.45) is 5.73 Å². The molecule has 3 atom stereocenters. The van der Waals surface area contributed by atoms with E-state index in [2.05, 4.69) is 10.6 Å². The summed E-state index contributed by atoms with van der Waals surface area (Å²) in [6, 6.07) is -2.70. The monoisotopic (exact) mass is 561 g/mol. The zero-order valence-corrected chi connectivity index (χ0v) is 21.6. The van der Waals surface area contributed by atoms with Gasteiger partial charge in [-0.1, -0.05) is 45.4 Å². The van der Waals surface area contributed by atoms with Gasteiger partial charge in [0.05, 0.1) is 0 Å². The maximum Gasteiger partial charge on any atom is 0.442 e. The van der Waals surface area contributed by atoms with Gasteiger partial charge in [0.15, 0.2) is 0 Å². The molecule has 0 radical (unpaired) electrons. The molecule has 1 unspecified atom stereocenters. The van der Waals surface area contributed by atoms with E-state index in [4.69, 9.17) is 15.9 Å². The van der Waals surface area contributed by atoms with Gasteiger partial charge in [-0.05, 0) is 12.8 Å². The Kier molecular flexibility index (Phi) is 16.4. The number of carboxylic acids is 2. The fraction of sp³-hybridized carbons (Fsp3) is 0.818. The molecule has 0 bridgehead atoms. The van der Waals surface area contributed by atoms with E-state index < -0.39 is 66.0 Å². The third-order valence-corrected chi connectivity index (χ3v) is 6.81. The first-order valence-electron chi connectivity index (χ1n) is 12.0. The summed E-state index contributed by atoms with van der Waals surface area (Å²) in [6.07, 6.45) is -1.72. The number of hydrogen-bond donors (Lipinski definition) is 7. The minimum absolute atomic E-state index is 0.181. The van der Waals surface area contributed by atoms with Crippen molar-refractivity contribution in [2.75, 3.05) is 12.3 Å². The van der Waals surface area contributed by atoms with Gasteiger partial charge in [-0.15, -0.1) is 0 Å².